The van der Waals surface area contributed by atoms with E-state index in [1.165, 1.54) is 13.2 Å². The number of methoxy groups -OCH3 is 1. The summed E-state index contributed by atoms with van der Waals surface area (Å²) in [7, 11) is 1.52. The van der Waals surface area contributed by atoms with Gasteiger partial charge in [-0.2, -0.15) is 5.26 Å². The smallest absolute Gasteiger partial charge is 0.338 e. The minimum Gasteiger partial charge on any atom is -0.493 e. The fourth-order valence-corrected chi connectivity index (χ4v) is 2.54. The Morgan fingerprint density at radius 3 is 2.40 bits per heavy atom. The van der Waals surface area contributed by atoms with E-state index in [0.29, 0.717) is 28.3 Å². The normalized spacial score (nSPS) is 10.9. The van der Waals surface area contributed by atoms with Gasteiger partial charge in [-0.15, -0.1) is 0 Å². The summed E-state index contributed by atoms with van der Waals surface area (Å²) in [4.78, 5) is 24.2. The zero-order chi connectivity index (χ0) is 22.1. The average Bonchev–Trinajstić information content (AvgIpc) is 2.73. The molecule has 2 aromatic rings. The van der Waals surface area contributed by atoms with Crippen molar-refractivity contribution in [1.82, 2.24) is 0 Å². The lowest BCUT2D eigenvalue weighted by molar-refractivity contribution is -0.112. The number of carbonyl (C=O) groups is 2. The van der Waals surface area contributed by atoms with Crippen LogP contribution in [-0.2, 0) is 9.53 Å². The van der Waals surface area contributed by atoms with Gasteiger partial charge in [0, 0.05) is 5.69 Å². The predicted octanol–water partition coefficient (Wildman–Crippen LogP) is 4.20. The molecule has 0 aromatic heterocycles. The van der Waals surface area contributed by atoms with Crippen LogP contribution >= 0.6 is 0 Å². The lowest BCUT2D eigenvalue weighted by Crippen LogP contribution is -2.13. The van der Waals surface area contributed by atoms with Crippen molar-refractivity contribution >= 4 is 23.6 Å². The second-order valence-corrected chi connectivity index (χ2v) is 6.50. The van der Waals surface area contributed by atoms with Crippen molar-refractivity contribution in [2.75, 3.05) is 19.0 Å². The molecule has 0 atom stereocenters. The number of nitriles is 1. The van der Waals surface area contributed by atoms with Gasteiger partial charge in [0.05, 0.1) is 25.4 Å². The number of anilines is 1. The first-order valence-corrected chi connectivity index (χ1v) is 9.43. The minimum atomic E-state index is -0.567. The molecular weight excluding hydrogens is 384 g/mol. The number of nitrogens with one attached hydrogen (secondary N) is 1. The van der Waals surface area contributed by atoms with E-state index in [2.05, 4.69) is 5.32 Å². The number of hydrogen-bond acceptors (Lipinski definition) is 6. The first kappa shape index (κ1) is 22.5. The van der Waals surface area contributed by atoms with Gasteiger partial charge in [0.25, 0.3) is 5.91 Å². The molecule has 0 spiro atoms. The van der Waals surface area contributed by atoms with Crippen LogP contribution in [0.2, 0.25) is 0 Å². The van der Waals surface area contributed by atoms with Crippen molar-refractivity contribution in [2.45, 2.75) is 26.9 Å². The van der Waals surface area contributed by atoms with E-state index < -0.39 is 11.9 Å². The molecule has 7 nitrogen and oxygen atoms in total. The Labute approximate surface area is 175 Å². The molecular formula is C23H24N2O5. The highest BCUT2D eigenvalue weighted by Crippen LogP contribution is 2.29. The second kappa shape index (κ2) is 10.7. The van der Waals surface area contributed by atoms with Crippen LogP contribution < -0.4 is 14.8 Å². The van der Waals surface area contributed by atoms with Crippen LogP contribution in [0.3, 0.4) is 0 Å². The van der Waals surface area contributed by atoms with Gasteiger partial charge in [0.2, 0.25) is 0 Å². The Bertz CT molecular complexity index is 972. The van der Waals surface area contributed by atoms with Crippen molar-refractivity contribution < 1.29 is 23.8 Å². The van der Waals surface area contributed by atoms with E-state index in [1.54, 1.807) is 49.4 Å². The van der Waals surface area contributed by atoms with Gasteiger partial charge in [-0.25, -0.2) is 4.79 Å². The lowest BCUT2D eigenvalue weighted by atomic mass is 10.1. The molecule has 0 radical (unpaired) electrons. The van der Waals surface area contributed by atoms with E-state index in [0.717, 1.165) is 0 Å². The summed E-state index contributed by atoms with van der Waals surface area (Å²) in [6.07, 6.45) is 1.44. The Hall–Kier alpha value is -3.79. The number of carbonyl (C=O) groups excluding carboxylic acids is 2. The summed E-state index contributed by atoms with van der Waals surface area (Å²) in [6, 6.07) is 13.3. The average molecular weight is 408 g/mol. The van der Waals surface area contributed by atoms with Crippen molar-refractivity contribution in [2.24, 2.45) is 0 Å². The van der Waals surface area contributed by atoms with Gasteiger partial charge in [-0.3, -0.25) is 4.79 Å². The van der Waals surface area contributed by atoms with Crippen LogP contribution in [0.4, 0.5) is 5.69 Å². The molecule has 156 valence electrons. The molecule has 0 saturated carbocycles. The second-order valence-electron chi connectivity index (χ2n) is 6.50. The summed E-state index contributed by atoms with van der Waals surface area (Å²) in [5, 5.41) is 12.1. The zero-order valence-corrected chi connectivity index (χ0v) is 17.4. The van der Waals surface area contributed by atoms with Crippen LogP contribution in [0.25, 0.3) is 6.08 Å². The van der Waals surface area contributed by atoms with Crippen LogP contribution in [0.15, 0.2) is 48.0 Å². The first-order chi connectivity index (χ1) is 14.4. The number of amides is 1. The third-order valence-corrected chi connectivity index (χ3v) is 3.88. The van der Waals surface area contributed by atoms with Gasteiger partial charge >= 0.3 is 5.97 Å². The number of esters is 1. The van der Waals surface area contributed by atoms with Gasteiger partial charge in [-0.05, 0) is 68.8 Å². The highest BCUT2D eigenvalue weighted by atomic mass is 16.5. The molecule has 0 aliphatic rings. The number of hydrogen-bond donors (Lipinski definition) is 1. The molecule has 0 aliphatic carbocycles. The maximum atomic E-state index is 12.5. The maximum Gasteiger partial charge on any atom is 0.338 e. The molecule has 0 heterocycles. The molecule has 0 saturated heterocycles. The quantitative estimate of drug-likeness (QED) is 0.399. The van der Waals surface area contributed by atoms with Crippen molar-refractivity contribution in [3.8, 4) is 17.6 Å². The number of nitrogens with zero attached hydrogens (tertiary/aromatic N) is 1. The van der Waals surface area contributed by atoms with Crippen LogP contribution in [0.5, 0.6) is 11.5 Å². The van der Waals surface area contributed by atoms with Crippen molar-refractivity contribution in [3.05, 3.63) is 59.2 Å². The van der Waals surface area contributed by atoms with Crippen LogP contribution in [0, 0.1) is 11.3 Å². The lowest BCUT2D eigenvalue weighted by Gasteiger charge is -2.14. The van der Waals surface area contributed by atoms with Gasteiger partial charge in [0.15, 0.2) is 11.5 Å². The van der Waals surface area contributed by atoms with Crippen LogP contribution in [-0.4, -0.2) is 31.7 Å². The molecule has 1 N–H and O–H groups in total. The van der Waals surface area contributed by atoms with E-state index in [-0.39, 0.29) is 18.3 Å². The van der Waals surface area contributed by atoms with Crippen molar-refractivity contribution in [1.29, 1.82) is 5.26 Å². The van der Waals surface area contributed by atoms with Gasteiger partial charge in [0.1, 0.15) is 11.6 Å². The Kier molecular flexibility index (Phi) is 8.00. The molecule has 2 rings (SSSR count). The molecule has 0 unspecified atom stereocenters. The third kappa shape index (κ3) is 6.11. The molecule has 30 heavy (non-hydrogen) atoms. The number of rotatable bonds is 8. The van der Waals surface area contributed by atoms with Crippen molar-refractivity contribution in [3.63, 3.8) is 0 Å². The molecule has 0 bridgehead atoms. The maximum absolute atomic E-state index is 12.5. The highest BCUT2D eigenvalue weighted by Gasteiger charge is 2.13. The van der Waals surface area contributed by atoms with E-state index in [4.69, 9.17) is 14.2 Å². The fraction of sp³-hybridized carbons (Fsp3) is 0.261. The summed E-state index contributed by atoms with van der Waals surface area (Å²) in [5.74, 6) is 0.0775. The minimum absolute atomic E-state index is 0.0176. The highest BCUT2D eigenvalue weighted by molar-refractivity contribution is 6.09. The third-order valence-electron chi connectivity index (χ3n) is 3.88. The van der Waals surface area contributed by atoms with E-state index in [1.807, 2.05) is 19.9 Å². The van der Waals surface area contributed by atoms with Crippen LogP contribution in [0.1, 0.15) is 36.7 Å². The number of ether oxygens (including phenoxy) is 3. The first-order valence-electron chi connectivity index (χ1n) is 9.43. The fourth-order valence-electron chi connectivity index (χ4n) is 2.54. The molecule has 2 aromatic carbocycles. The largest absolute Gasteiger partial charge is 0.493 e. The number of benzene rings is 2. The van der Waals surface area contributed by atoms with Gasteiger partial charge in [-0.1, -0.05) is 6.07 Å². The van der Waals surface area contributed by atoms with E-state index in [9.17, 15) is 14.9 Å². The SMILES string of the molecule is CCOC(=O)c1ccc(NC(=O)C(C#N)=Cc2ccc(OC(C)C)c(OC)c2)cc1. The topological polar surface area (TPSA) is 97.7 Å². The molecule has 1 amide bonds. The zero-order valence-electron chi connectivity index (χ0n) is 17.4. The summed E-state index contributed by atoms with van der Waals surface area (Å²) < 4.78 is 15.9. The predicted molar refractivity (Wildman–Crippen MR) is 113 cm³/mol. The Morgan fingerprint density at radius 2 is 1.83 bits per heavy atom. The Morgan fingerprint density at radius 1 is 1.13 bits per heavy atom. The standard InChI is InChI=1S/C23H24N2O5/c1-5-29-23(27)17-7-9-19(10-8-17)25-22(26)18(14-24)12-16-6-11-20(30-15(2)3)21(13-16)28-4/h6-13,15H,5H2,1-4H3,(H,25,26). The van der Waals surface area contributed by atoms with E-state index >= 15 is 0 Å². The summed E-state index contributed by atoms with van der Waals surface area (Å²) in [6.45, 7) is 5.82. The summed E-state index contributed by atoms with van der Waals surface area (Å²) >= 11 is 0. The molecule has 0 fully saturated rings. The molecule has 0 aliphatic heterocycles. The van der Waals surface area contributed by atoms with Gasteiger partial charge < -0.3 is 19.5 Å². The monoisotopic (exact) mass is 408 g/mol. The molecule has 7 heteroatoms. The Balaban J connectivity index is 2.17. The summed E-state index contributed by atoms with van der Waals surface area (Å²) in [5.41, 5.74) is 1.37.